The summed E-state index contributed by atoms with van der Waals surface area (Å²) in [4.78, 5) is 11.0. The van der Waals surface area contributed by atoms with Crippen LogP contribution in [0.3, 0.4) is 0 Å². The second kappa shape index (κ2) is 5.11. The highest BCUT2D eigenvalue weighted by molar-refractivity contribution is 5.71. The molecule has 2 rings (SSSR count). The first-order valence-corrected chi connectivity index (χ1v) is 6.53. The molecular formula is C15H20O3. The number of rotatable bonds is 3. The van der Waals surface area contributed by atoms with Gasteiger partial charge in [-0.2, -0.15) is 0 Å². The van der Waals surface area contributed by atoms with Crippen LogP contribution in [0.4, 0.5) is 0 Å². The summed E-state index contributed by atoms with van der Waals surface area (Å²) in [6.07, 6.45) is 2.86. The molecule has 2 N–H and O–H groups in total. The molecule has 3 nitrogen and oxygen atoms in total. The van der Waals surface area contributed by atoms with Crippen LogP contribution >= 0.6 is 0 Å². The Morgan fingerprint density at radius 3 is 2.33 bits per heavy atom. The first kappa shape index (κ1) is 13.1. The molecule has 1 saturated carbocycles. The Kier molecular flexibility index (Phi) is 3.71. The fraction of sp³-hybridized carbons (Fsp3) is 0.533. The Morgan fingerprint density at radius 1 is 1.28 bits per heavy atom. The van der Waals surface area contributed by atoms with Gasteiger partial charge >= 0.3 is 5.97 Å². The van der Waals surface area contributed by atoms with Crippen molar-refractivity contribution >= 4 is 5.97 Å². The molecule has 18 heavy (non-hydrogen) atoms. The van der Waals surface area contributed by atoms with Crippen molar-refractivity contribution < 1.29 is 15.0 Å². The first-order valence-electron chi connectivity index (χ1n) is 6.53. The molecule has 0 amide bonds. The molecule has 0 aliphatic heterocycles. The van der Waals surface area contributed by atoms with Gasteiger partial charge in [0.15, 0.2) is 0 Å². The third kappa shape index (κ3) is 2.56. The first-order chi connectivity index (χ1) is 8.53. The predicted molar refractivity (Wildman–Crippen MR) is 69.4 cm³/mol. The van der Waals surface area contributed by atoms with Crippen molar-refractivity contribution in [2.45, 2.75) is 44.1 Å². The summed E-state index contributed by atoms with van der Waals surface area (Å²) in [6, 6.07) is 10.3. The minimum atomic E-state index is -1.03. The lowest BCUT2D eigenvalue weighted by molar-refractivity contribution is -0.153. The molecule has 1 unspecified atom stereocenters. The van der Waals surface area contributed by atoms with Gasteiger partial charge in [0.25, 0.3) is 0 Å². The smallest absolute Gasteiger partial charge is 0.309 e. The van der Waals surface area contributed by atoms with E-state index in [1.54, 1.807) is 6.92 Å². The van der Waals surface area contributed by atoms with Gasteiger partial charge in [-0.3, -0.25) is 4.79 Å². The van der Waals surface area contributed by atoms with E-state index in [0.717, 1.165) is 12.8 Å². The molecule has 1 aromatic rings. The lowest BCUT2D eigenvalue weighted by Gasteiger charge is -2.38. The number of carbonyl (C=O) groups is 1. The van der Waals surface area contributed by atoms with E-state index in [2.05, 4.69) is 12.1 Å². The minimum Gasteiger partial charge on any atom is -0.481 e. The van der Waals surface area contributed by atoms with E-state index in [9.17, 15) is 9.90 Å². The number of benzene rings is 1. The molecule has 1 aliphatic carbocycles. The van der Waals surface area contributed by atoms with Crippen LogP contribution in [0, 0.1) is 5.92 Å². The van der Waals surface area contributed by atoms with E-state index >= 15 is 0 Å². The number of aliphatic hydroxyl groups is 1. The van der Waals surface area contributed by atoms with Crippen molar-refractivity contribution in [1.29, 1.82) is 0 Å². The third-order valence-electron chi connectivity index (χ3n) is 4.30. The van der Waals surface area contributed by atoms with Gasteiger partial charge < -0.3 is 10.2 Å². The molecule has 0 bridgehead atoms. The van der Waals surface area contributed by atoms with E-state index in [-0.39, 0.29) is 0 Å². The fourth-order valence-electron chi connectivity index (χ4n) is 2.84. The largest absolute Gasteiger partial charge is 0.481 e. The number of carboxylic acid groups (broad SMARTS) is 1. The van der Waals surface area contributed by atoms with Crippen molar-refractivity contribution in [2.75, 3.05) is 0 Å². The average molecular weight is 248 g/mol. The predicted octanol–water partition coefficient (Wildman–Crippen LogP) is 2.80. The summed E-state index contributed by atoms with van der Waals surface area (Å²) in [7, 11) is 0. The summed E-state index contributed by atoms with van der Waals surface area (Å²) in [5.74, 6) is -1.14. The molecule has 98 valence electrons. The van der Waals surface area contributed by atoms with Crippen LogP contribution in [-0.4, -0.2) is 21.8 Å². The highest BCUT2D eigenvalue weighted by Gasteiger charge is 2.41. The van der Waals surface area contributed by atoms with E-state index in [0.29, 0.717) is 18.8 Å². The van der Waals surface area contributed by atoms with E-state index in [4.69, 9.17) is 5.11 Å². The Morgan fingerprint density at radius 2 is 1.83 bits per heavy atom. The van der Waals surface area contributed by atoms with E-state index in [1.165, 1.54) is 5.56 Å². The monoisotopic (exact) mass is 248 g/mol. The lowest BCUT2D eigenvalue weighted by atomic mass is 9.71. The number of hydrogen-bond acceptors (Lipinski definition) is 2. The van der Waals surface area contributed by atoms with Crippen molar-refractivity contribution in [3.8, 4) is 0 Å². The van der Waals surface area contributed by atoms with Crippen molar-refractivity contribution in [1.82, 2.24) is 0 Å². The van der Waals surface area contributed by atoms with Crippen molar-refractivity contribution in [3.05, 3.63) is 35.9 Å². The second-order valence-corrected chi connectivity index (χ2v) is 5.35. The van der Waals surface area contributed by atoms with Gasteiger partial charge in [-0.1, -0.05) is 30.3 Å². The summed E-state index contributed by atoms with van der Waals surface area (Å²) in [6.45, 7) is 1.60. The quantitative estimate of drug-likeness (QED) is 0.864. The topological polar surface area (TPSA) is 57.5 Å². The van der Waals surface area contributed by atoms with Gasteiger partial charge in [0.05, 0.1) is 11.5 Å². The molecule has 0 spiro atoms. The van der Waals surface area contributed by atoms with Crippen LogP contribution in [0.2, 0.25) is 0 Å². The number of hydrogen-bond donors (Lipinski definition) is 2. The normalized spacial score (nSPS) is 29.8. The van der Waals surface area contributed by atoms with Gasteiger partial charge in [0.2, 0.25) is 0 Å². The number of aliphatic carboxylic acids is 1. The van der Waals surface area contributed by atoms with Gasteiger partial charge in [0.1, 0.15) is 0 Å². The Labute approximate surface area is 107 Å². The van der Waals surface area contributed by atoms with Crippen LogP contribution in [0.1, 0.15) is 44.1 Å². The standard InChI is InChI=1S/C15H20O3/c1-11(14(16)17)15(18)9-7-13(8-10-15)12-5-3-2-4-6-12/h2-6,11,13,18H,7-10H2,1H3,(H,16,17). The molecule has 1 aliphatic rings. The maximum Gasteiger partial charge on any atom is 0.309 e. The molecule has 1 fully saturated rings. The Bertz CT molecular complexity index is 405. The maximum absolute atomic E-state index is 11.0. The molecular weight excluding hydrogens is 228 g/mol. The van der Waals surface area contributed by atoms with Gasteiger partial charge in [-0.05, 0) is 44.1 Å². The number of carboxylic acids is 1. The zero-order valence-corrected chi connectivity index (χ0v) is 10.7. The van der Waals surface area contributed by atoms with Crippen molar-refractivity contribution in [2.24, 2.45) is 5.92 Å². The van der Waals surface area contributed by atoms with Crippen LogP contribution in [0.5, 0.6) is 0 Å². The van der Waals surface area contributed by atoms with Crippen LogP contribution in [-0.2, 0) is 4.79 Å². The van der Waals surface area contributed by atoms with Crippen molar-refractivity contribution in [3.63, 3.8) is 0 Å². The Hall–Kier alpha value is -1.35. The molecule has 3 heteroatoms. The van der Waals surface area contributed by atoms with Gasteiger partial charge in [-0.25, -0.2) is 0 Å². The third-order valence-corrected chi connectivity index (χ3v) is 4.30. The molecule has 1 atom stereocenters. The van der Waals surface area contributed by atoms with Gasteiger partial charge in [0, 0.05) is 0 Å². The van der Waals surface area contributed by atoms with E-state index in [1.807, 2.05) is 18.2 Å². The summed E-state index contributed by atoms with van der Waals surface area (Å²) in [5.41, 5.74) is 0.263. The SMILES string of the molecule is CC(C(=O)O)C1(O)CCC(c2ccccc2)CC1. The van der Waals surface area contributed by atoms with Crippen LogP contribution in [0.25, 0.3) is 0 Å². The second-order valence-electron chi connectivity index (χ2n) is 5.35. The van der Waals surface area contributed by atoms with Crippen LogP contribution < -0.4 is 0 Å². The summed E-state index contributed by atoms with van der Waals surface area (Å²) >= 11 is 0. The molecule has 0 heterocycles. The molecule has 0 radical (unpaired) electrons. The summed E-state index contributed by atoms with van der Waals surface area (Å²) in [5, 5.41) is 19.4. The van der Waals surface area contributed by atoms with Crippen LogP contribution in [0.15, 0.2) is 30.3 Å². The average Bonchev–Trinajstić information content (AvgIpc) is 2.39. The molecule has 0 aromatic heterocycles. The zero-order valence-electron chi connectivity index (χ0n) is 10.7. The molecule has 1 aromatic carbocycles. The van der Waals surface area contributed by atoms with Gasteiger partial charge in [-0.15, -0.1) is 0 Å². The minimum absolute atomic E-state index is 0.451. The zero-order chi connectivity index (χ0) is 13.2. The lowest BCUT2D eigenvalue weighted by Crippen LogP contribution is -2.43. The van der Waals surface area contributed by atoms with E-state index < -0.39 is 17.5 Å². The fourth-order valence-corrected chi connectivity index (χ4v) is 2.84. The summed E-state index contributed by atoms with van der Waals surface area (Å²) < 4.78 is 0. The Balaban J connectivity index is 2.02. The molecule has 0 saturated heterocycles. The maximum atomic E-state index is 11.0. The highest BCUT2D eigenvalue weighted by Crippen LogP contribution is 2.41. The highest BCUT2D eigenvalue weighted by atomic mass is 16.4.